The first kappa shape index (κ1) is 24.2. The first-order valence-corrected chi connectivity index (χ1v) is 12.3. The highest BCUT2D eigenvalue weighted by Gasteiger charge is 2.31. The van der Waals surface area contributed by atoms with Gasteiger partial charge in [-0.05, 0) is 36.1 Å². The molecule has 3 aromatic rings. The van der Waals surface area contributed by atoms with E-state index in [9.17, 15) is 22.8 Å². The van der Waals surface area contributed by atoms with E-state index in [4.69, 9.17) is 4.74 Å². The van der Waals surface area contributed by atoms with Crippen LogP contribution in [0.4, 0.5) is 4.79 Å². The summed E-state index contributed by atoms with van der Waals surface area (Å²) in [5, 5.41) is 4.21. The van der Waals surface area contributed by atoms with Gasteiger partial charge >= 0.3 is 11.8 Å². The highest BCUT2D eigenvalue weighted by Crippen LogP contribution is 2.31. The number of hydrogen-bond donors (Lipinski definition) is 1. The summed E-state index contributed by atoms with van der Waals surface area (Å²) >= 11 is 0. The second kappa shape index (κ2) is 9.22. The van der Waals surface area contributed by atoms with E-state index in [0.717, 1.165) is 11.3 Å². The summed E-state index contributed by atoms with van der Waals surface area (Å²) < 4.78 is 31.7. The minimum atomic E-state index is -4.36. The summed E-state index contributed by atoms with van der Waals surface area (Å²) in [5.41, 5.74) is 0.474. The van der Waals surface area contributed by atoms with Crippen LogP contribution >= 0.6 is 0 Å². The van der Waals surface area contributed by atoms with Gasteiger partial charge in [0, 0.05) is 18.8 Å². The molecule has 33 heavy (non-hydrogen) atoms. The maximum Gasteiger partial charge on any atom is 0.444 e. The molecule has 1 amide bonds. The van der Waals surface area contributed by atoms with Gasteiger partial charge in [-0.3, -0.25) is 9.48 Å². The smallest absolute Gasteiger partial charge is 0.444 e. The summed E-state index contributed by atoms with van der Waals surface area (Å²) in [7, 11) is -2.61. The minimum Gasteiger partial charge on any atom is -0.447 e. The van der Waals surface area contributed by atoms with Crippen molar-refractivity contribution in [2.45, 2.75) is 39.5 Å². The molecule has 2 aromatic heterocycles. The van der Waals surface area contributed by atoms with Crippen LogP contribution in [-0.2, 0) is 21.8 Å². The fraction of sp³-hybridized carbons (Fsp3) is 0.429. The molecule has 12 heteroatoms. The lowest BCUT2D eigenvalue weighted by Crippen LogP contribution is -2.56. The summed E-state index contributed by atoms with van der Waals surface area (Å²) in [6.07, 6.45) is 2.21. The lowest BCUT2D eigenvalue weighted by molar-refractivity contribution is 0.150. The molecule has 0 radical (unpaired) electrons. The van der Waals surface area contributed by atoms with Gasteiger partial charge in [-0.25, -0.2) is 18.0 Å². The Morgan fingerprint density at radius 1 is 1.27 bits per heavy atom. The number of sulfonamides is 1. The number of amides is 1. The number of unbranched alkanes of at least 4 members (excludes halogenated alkanes) is 1. The topological polar surface area (TPSA) is 136 Å². The number of carbonyl (C=O) groups excluding carboxylic acids is 1. The van der Waals surface area contributed by atoms with E-state index in [1.165, 1.54) is 0 Å². The molecule has 0 saturated heterocycles. The minimum absolute atomic E-state index is 0.0326. The number of hydrogen-bond acceptors (Lipinski definition) is 7. The van der Waals surface area contributed by atoms with Gasteiger partial charge in [0.05, 0.1) is 29.5 Å². The molecule has 0 aliphatic carbocycles. The SMILES string of the molecule is CCCCOC(=O)N(n1c(=O)[nH]c2cc(C(C)C)c(-c3ccnn3C)cc2c1=O)S(C)(=O)=O. The van der Waals surface area contributed by atoms with Gasteiger partial charge in [-0.1, -0.05) is 31.6 Å². The maximum atomic E-state index is 13.4. The van der Waals surface area contributed by atoms with Gasteiger partial charge in [-0.2, -0.15) is 5.10 Å². The van der Waals surface area contributed by atoms with Crippen molar-refractivity contribution in [2.24, 2.45) is 7.05 Å². The molecule has 0 fully saturated rings. The van der Waals surface area contributed by atoms with E-state index in [0.29, 0.717) is 24.7 Å². The highest BCUT2D eigenvalue weighted by molar-refractivity contribution is 7.92. The van der Waals surface area contributed by atoms with E-state index in [-0.39, 0.29) is 32.5 Å². The summed E-state index contributed by atoms with van der Waals surface area (Å²) in [6, 6.07) is 5.03. The molecule has 1 N–H and O–H groups in total. The lowest BCUT2D eigenvalue weighted by atomic mass is 9.93. The van der Waals surface area contributed by atoms with Crippen molar-refractivity contribution in [3.63, 3.8) is 0 Å². The average Bonchev–Trinajstić information content (AvgIpc) is 3.15. The van der Waals surface area contributed by atoms with Crippen LogP contribution in [0.2, 0.25) is 0 Å². The molecule has 1 aromatic carbocycles. The normalized spacial score (nSPS) is 11.8. The number of aromatic nitrogens is 4. The number of H-pyrrole nitrogens is 1. The second-order valence-corrected chi connectivity index (χ2v) is 9.81. The van der Waals surface area contributed by atoms with Crippen molar-refractivity contribution < 1.29 is 17.9 Å². The van der Waals surface area contributed by atoms with E-state index in [1.54, 1.807) is 36.1 Å². The maximum absolute atomic E-state index is 13.4. The molecular formula is C21H27N5O6S. The van der Waals surface area contributed by atoms with Gasteiger partial charge in [-0.15, -0.1) is 4.68 Å². The standard InChI is InChI=1S/C21H27N5O6S/c1-6-7-10-32-21(29)26(33(5,30)31)25-19(27)16-11-15(18-8-9-22-24(18)4)14(13(2)3)12-17(16)23-20(25)28/h8-9,11-13H,6-7,10H2,1-5H3,(H,23,28). The molecule has 0 saturated carbocycles. The van der Waals surface area contributed by atoms with Crippen molar-refractivity contribution in [1.82, 2.24) is 19.4 Å². The fourth-order valence-electron chi connectivity index (χ4n) is 3.50. The Balaban J connectivity index is 2.31. The fourth-order valence-corrected chi connectivity index (χ4v) is 4.27. The summed E-state index contributed by atoms with van der Waals surface area (Å²) in [4.78, 5) is 41.2. The number of nitrogens with zero attached hydrogens (tertiary/aromatic N) is 4. The van der Waals surface area contributed by atoms with Gasteiger partial charge < -0.3 is 9.72 Å². The van der Waals surface area contributed by atoms with Gasteiger partial charge in [0.1, 0.15) is 0 Å². The highest BCUT2D eigenvalue weighted by atomic mass is 32.2. The Hall–Kier alpha value is -3.41. The van der Waals surface area contributed by atoms with Crippen molar-refractivity contribution in [1.29, 1.82) is 0 Å². The Kier molecular flexibility index (Phi) is 6.77. The number of rotatable bonds is 7. The first-order chi connectivity index (χ1) is 15.5. The van der Waals surface area contributed by atoms with Crippen LogP contribution in [0.5, 0.6) is 0 Å². The molecule has 0 atom stereocenters. The molecule has 0 aliphatic rings. The monoisotopic (exact) mass is 477 g/mol. The number of fused-ring (bicyclic) bond motifs is 1. The van der Waals surface area contributed by atoms with Gasteiger partial charge in [0.15, 0.2) is 0 Å². The number of aromatic amines is 1. The van der Waals surface area contributed by atoms with Crippen LogP contribution in [0.3, 0.4) is 0 Å². The average molecular weight is 478 g/mol. The number of carbonyl (C=O) groups is 1. The first-order valence-electron chi connectivity index (χ1n) is 10.5. The summed E-state index contributed by atoms with van der Waals surface area (Å²) in [6.45, 7) is 5.76. The van der Waals surface area contributed by atoms with E-state index in [2.05, 4.69) is 10.1 Å². The second-order valence-electron chi connectivity index (χ2n) is 8.00. The van der Waals surface area contributed by atoms with Crippen LogP contribution in [-0.4, -0.2) is 46.8 Å². The zero-order valence-electron chi connectivity index (χ0n) is 19.2. The van der Waals surface area contributed by atoms with E-state index in [1.807, 2.05) is 20.8 Å². The number of benzene rings is 1. The Bertz CT molecular complexity index is 1420. The molecule has 3 rings (SSSR count). The van der Waals surface area contributed by atoms with Crippen molar-refractivity contribution in [2.75, 3.05) is 17.3 Å². The van der Waals surface area contributed by atoms with Gasteiger partial charge in [0.2, 0.25) is 0 Å². The van der Waals surface area contributed by atoms with Crippen molar-refractivity contribution in [3.8, 4) is 11.3 Å². The third-order valence-corrected chi connectivity index (χ3v) is 6.08. The zero-order chi connectivity index (χ0) is 24.5. The molecule has 0 aliphatic heterocycles. The lowest BCUT2D eigenvalue weighted by Gasteiger charge is -2.21. The number of ether oxygens (including phenoxy) is 1. The molecule has 0 bridgehead atoms. The largest absolute Gasteiger partial charge is 0.447 e. The molecule has 2 heterocycles. The van der Waals surface area contributed by atoms with Crippen molar-refractivity contribution in [3.05, 3.63) is 50.8 Å². The van der Waals surface area contributed by atoms with Crippen LogP contribution in [0.1, 0.15) is 45.1 Å². The third kappa shape index (κ3) is 4.70. The number of aryl methyl sites for hydroxylation is 1. The van der Waals surface area contributed by atoms with Crippen LogP contribution < -0.4 is 15.7 Å². The van der Waals surface area contributed by atoms with Crippen molar-refractivity contribution >= 4 is 27.0 Å². The van der Waals surface area contributed by atoms with E-state index < -0.39 is 27.4 Å². The predicted molar refractivity (Wildman–Crippen MR) is 124 cm³/mol. The van der Waals surface area contributed by atoms with Crippen LogP contribution in [0, 0.1) is 0 Å². The molecular weight excluding hydrogens is 450 g/mol. The quantitative estimate of drug-likeness (QED) is 0.514. The third-order valence-electron chi connectivity index (χ3n) is 5.14. The zero-order valence-corrected chi connectivity index (χ0v) is 20.0. The van der Waals surface area contributed by atoms with Gasteiger partial charge in [0.25, 0.3) is 15.6 Å². The Morgan fingerprint density at radius 2 is 1.97 bits per heavy atom. The number of nitrogens with one attached hydrogen (secondary N) is 1. The summed E-state index contributed by atoms with van der Waals surface area (Å²) in [5.74, 6) is 0.0475. The molecule has 178 valence electrons. The van der Waals surface area contributed by atoms with Crippen LogP contribution in [0.25, 0.3) is 22.2 Å². The van der Waals surface area contributed by atoms with E-state index >= 15 is 0 Å². The Morgan fingerprint density at radius 3 is 2.52 bits per heavy atom. The molecule has 0 spiro atoms. The molecule has 11 nitrogen and oxygen atoms in total. The molecule has 0 unspecified atom stereocenters. The predicted octanol–water partition coefficient (Wildman–Crippen LogP) is 2.05. The van der Waals surface area contributed by atoms with Crippen LogP contribution in [0.15, 0.2) is 34.0 Å². The Labute approximate surface area is 190 Å².